The smallest absolute Gasteiger partial charge is 0.337 e. The predicted octanol–water partition coefficient (Wildman–Crippen LogP) is 5.78. The number of methoxy groups -OCH3 is 1. The number of hydrogen-bond donors (Lipinski definition) is 4. The second-order valence-electron chi connectivity index (χ2n) is 5.92. The maximum atomic E-state index is 10.4. The molecule has 0 atom stereocenters. The van der Waals surface area contributed by atoms with E-state index in [0.29, 0.717) is 22.1 Å². The Hall–Kier alpha value is -2.80. The van der Waals surface area contributed by atoms with Crippen LogP contribution in [0.2, 0.25) is 15.1 Å². The molecule has 7 N–H and O–H groups in total. The van der Waals surface area contributed by atoms with Gasteiger partial charge in [-0.2, -0.15) is 0 Å². The van der Waals surface area contributed by atoms with E-state index in [1.54, 1.807) is 43.5 Å². The molecule has 0 aromatic heterocycles. The van der Waals surface area contributed by atoms with Gasteiger partial charge in [-0.15, -0.1) is 0 Å². The monoisotopic (exact) mass is 469 g/mol. The van der Waals surface area contributed by atoms with Crippen LogP contribution in [0.5, 0.6) is 5.75 Å². The highest BCUT2D eigenvalue weighted by Gasteiger charge is 2.09. The molecule has 3 aromatic carbocycles. The molecule has 0 fully saturated rings. The van der Waals surface area contributed by atoms with Crippen molar-refractivity contribution in [1.29, 1.82) is 0 Å². The quantitative estimate of drug-likeness (QED) is 0.352. The molecule has 0 heterocycles. The molecule has 160 valence electrons. The highest BCUT2D eigenvalue weighted by Crippen LogP contribution is 2.25. The Morgan fingerprint density at radius 1 is 0.900 bits per heavy atom. The van der Waals surface area contributed by atoms with Crippen LogP contribution in [0, 0.1) is 6.92 Å². The Labute approximate surface area is 190 Å². The summed E-state index contributed by atoms with van der Waals surface area (Å²) in [7, 11) is 1.57. The van der Waals surface area contributed by atoms with Gasteiger partial charge in [-0.05, 0) is 55.0 Å². The summed E-state index contributed by atoms with van der Waals surface area (Å²) in [5, 5.41) is 9.92. The van der Waals surface area contributed by atoms with E-state index in [1.807, 2.05) is 19.1 Å². The standard InChI is InChI=1S/C7H6ClNO2.C7H8ClNO.C7H8ClN/c8-6-4(7(10)11)2-1-3-5(6)9;1-10-7-3-2-5(9)4-6(7)8;1-5-2-3-6(9)4-7(5)8/h1-3H,9H2,(H,10,11);2-4H,9H2,1H3;2-4H,9H2,1H3. The van der Waals surface area contributed by atoms with E-state index in [1.165, 1.54) is 6.07 Å². The van der Waals surface area contributed by atoms with E-state index in [-0.39, 0.29) is 16.3 Å². The topological polar surface area (TPSA) is 125 Å². The lowest BCUT2D eigenvalue weighted by Crippen LogP contribution is -1.99. The van der Waals surface area contributed by atoms with Crippen LogP contribution in [-0.4, -0.2) is 18.2 Å². The van der Waals surface area contributed by atoms with Crippen LogP contribution in [0.4, 0.5) is 17.1 Å². The largest absolute Gasteiger partial charge is 0.495 e. The fraction of sp³-hybridized carbons (Fsp3) is 0.0952. The number of rotatable bonds is 2. The maximum Gasteiger partial charge on any atom is 0.337 e. The maximum absolute atomic E-state index is 10.4. The van der Waals surface area contributed by atoms with Crippen molar-refractivity contribution in [3.8, 4) is 5.75 Å². The Morgan fingerprint density at radius 3 is 1.90 bits per heavy atom. The zero-order valence-electron chi connectivity index (χ0n) is 16.3. The summed E-state index contributed by atoms with van der Waals surface area (Å²) < 4.78 is 4.91. The second-order valence-corrected chi connectivity index (χ2v) is 7.11. The third kappa shape index (κ3) is 7.91. The Morgan fingerprint density at radius 2 is 1.47 bits per heavy atom. The van der Waals surface area contributed by atoms with Crippen molar-refractivity contribution in [2.75, 3.05) is 24.3 Å². The van der Waals surface area contributed by atoms with Gasteiger partial charge in [-0.25, -0.2) is 4.79 Å². The number of benzene rings is 3. The van der Waals surface area contributed by atoms with Gasteiger partial charge in [0.05, 0.1) is 28.4 Å². The number of hydrogen-bond acceptors (Lipinski definition) is 5. The van der Waals surface area contributed by atoms with Crippen molar-refractivity contribution in [3.05, 3.63) is 80.8 Å². The van der Waals surface area contributed by atoms with Crippen molar-refractivity contribution >= 4 is 57.8 Å². The Kier molecular flexibility index (Phi) is 10.1. The molecule has 0 amide bonds. The van der Waals surface area contributed by atoms with Crippen LogP contribution >= 0.6 is 34.8 Å². The molecule has 9 heteroatoms. The normalized spacial score (nSPS) is 9.50. The van der Waals surface area contributed by atoms with Gasteiger partial charge in [-0.1, -0.05) is 46.9 Å². The molecule has 0 bridgehead atoms. The summed E-state index contributed by atoms with van der Waals surface area (Å²) in [6, 6.07) is 15.1. The number of carboxylic acid groups (broad SMARTS) is 1. The van der Waals surface area contributed by atoms with Gasteiger partial charge in [0.25, 0.3) is 0 Å². The van der Waals surface area contributed by atoms with Crippen molar-refractivity contribution in [3.63, 3.8) is 0 Å². The summed E-state index contributed by atoms with van der Waals surface area (Å²) in [5.41, 5.74) is 19.0. The molecule has 3 rings (SSSR count). The SMILES string of the molecule is COc1ccc(N)cc1Cl.Cc1ccc(N)cc1Cl.Nc1cccc(C(=O)O)c1Cl. The van der Waals surface area contributed by atoms with Gasteiger partial charge >= 0.3 is 5.97 Å². The molecular weight excluding hydrogens is 449 g/mol. The van der Waals surface area contributed by atoms with E-state index in [9.17, 15) is 4.79 Å². The van der Waals surface area contributed by atoms with Gasteiger partial charge in [0, 0.05) is 16.4 Å². The number of aryl methyl sites for hydroxylation is 1. The fourth-order valence-electron chi connectivity index (χ4n) is 2.01. The van der Waals surface area contributed by atoms with Gasteiger partial charge in [0.2, 0.25) is 0 Å². The number of aromatic carboxylic acids is 1. The van der Waals surface area contributed by atoms with E-state index in [2.05, 4.69) is 0 Å². The third-order valence-electron chi connectivity index (χ3n) is 3.63. The average Bonchev–Trinajstić information content (AvgIpc) is 2.68. The van der Waals surface area contributed by atoms with Gasteiger partial charge in [0.1, 0.15) is 5.75 Å². The molecule has 0 unspecified atom stereocenters. The molecule has 0 aliphatic heterocycles. The zero-order chi connectivity index (χ0) is 22.8. The number of halogens is 3. The number of nitrogens with two attached hydrogens (primary N) is 3. The number of nitrogen functional groups attached to an aromatic ring is 3. The summed E-state index contributed by atoms with van der Waals surface area (Å²) in [4.78, 5) is 10.4. The minimum Gasteiger partial charge on any atom is -0.495 e. The van der Waals surface area contributed by atoms with Crippen molar-refractivity contribution < 1.29 is 14.6 Å². The minimum atomic E-state index is -1.07. The van der Waals surface area contributed by atoms with Crippen molar-refractivity contribution in [2.24, 2.45) is 0 Å². The highest BCUT2D eigenvalue weighted by molar-refractivity contribution is 6.36. The van der Waals surface area contributed by atoms with E-state index in [0.717, 1.165) is 10.6 Å². The predicted molar refractivity (Wildman–Crippen MR) is 126 cm³/mol. The first kappa shape index (κ1) is 25.2. The first-order valence-electron chi connectivity index (χ1n) is 8.44. The molecule has 0 aliphatic rings. The molecule has 0 saturated carbocycles. The van der Waals surface area contributed by atoms with E-state index < -0.39 is 5.97 Å². The van der Waals surface area contributed by atoms with Crippen molar-refractivity contribution in [1.82, 2.24) is 0 Å². The third-order valence-corrected chi connectivity index (χ3v) is 4.76. The molecule has 0 saturated heterocycles. The van der Waals surface area contributed by atoms with Crippen LogP contribution < -0.4 is 21.9 Å². The van der Waals surface area contributed by atoms with Crippen LogP contribution in [0.3, 0.4) is 0 Å². The van der Waals surface area contributed by atoms with E-state index >= 15 is 0 Å². The molecule has 30 heavy (non-hydrogen) atoms. The molecule has 0 radical (unpaired) electrons. The Bertz CT molecular complexity index is 1010. The zero-order valence-corrected chi connectivity index (χ0v) is 18.6. The van der Waals surface area contributed by atoms with Crippen LogP contribution in [-0.2, 0) is 0 Å². The van der Waals surface area contributed by atoms with E-state index in [4.69, 9.17) is 61.8 Å². The fourth-order valence-corrected chi connectivity index (χ4v) is 2.67. The lowest BCUT2D eigenvalue weighted by Gasteiger charge is -2.01. The first-order valence-corrected chi connectivity index (χ1v) is 9.58. The number of anilines is 3. The lowest BCUT2D eigenvalue weighted by molar-refractivity contribution is 0.0697. The molecule has 6 nitrogen and oxygen atoms in total. The second kappa shape index (κ2) is 12.0. The lowest BCUT2D eigenvalue weighted by atomic mass is 10.2. The molecule has 0 spiro atoms. The minimum absolute atomic E-state index is 0.0340. The number of ether oxygens (including phenoxy) is 1. The van der Waals surface area contributed by atoms with Gasteiger partial charge in [-0.3, -0.25) is 0 Å². The molecule has 0 aliphatic carbocycles. The molecule has 3 aromatic rings. The highest BCUT2D eigenvalue weighted by atomic mass is 35.5. The molecular formula is C21H22Cl3N3O3. The van der Waals surface area contributed by atoms with Crippen LogP contribution in [0.15, 0.2) is 54.6 Å². The van der Waals surface area contributed by atoms with Crippen LogP contribution in [0.25, 0.3) is 0 Å². The summed E-state index contributed by atoms with van der Waals surface area (Å²) in [5.74, 6) is -0.418. The average molecular weight is 471 g/mol. The van der Waals surface area contributed by atoms with Crippen LogP contribution in [0.1, 0.15) is 15.9 Å². The Balaban J connectivity index is 0.000000226. The number of carboxylic acids is 1. The summed E-state index contributed by atoms with van der Waals surface area (Å²) in [6.07, 6.45) is 0. The van der Waals surface area contributed by atoms with Crippen molar-refractivity contribution in [2.45, 2.75) is 6.92 Å². The first-order chi connectivity index (χ1) is 14.1. The summed E-state index contributed by atoms with van der Waals surface area (Å²) in [6.45, 7) is 1.95. The van der Waals surface area contributed by atoms with Gasteiger partial charge in [0.15, 0.2) is 0 Å². The number of carbonyl (C=O) groups is 1. The summed E-state index contributed by atoms with van der Waals surface area (Å²) >= 11 is 17.0. The van der Waals surface area contributed by atoms with Gasteiger partial charge < -0.3 is 27.0 Å².